The van der Waals surface area contributed by atoms with E-state index in [9.17, 15) is 18.0 Å². The van der Waals surface area contributed by atoms with E-state index < -0.39 is 34.5 Å². The third-order valence-corrected chi connectivity index (χ3v) is 6.23. The molecule has 2 aromatic carbocycles. The highest BCUT2D eigenvalue weighted by Gasteiger charge is 2.22. The maximum Gasteiger partial charge on any atom is 0.321 e. The molecule has 2 N–H and O–H groups in total. The SMILES string of the molecule is CC(OC(=O)CNS(=O)(=O)c1ccc(Cl)c(Cl)c1)C(=O)Nc1ccc2c(c1)OCCO2. The van der Waals surface area contributed by atoms with Crippen LogP contribution in [0.3, 0.4) is 0 Å². The van der Waals surface area contributed by atoms with Crippen LogP contribution in [-0.2, 0) is 24.3 Å². The van der Waals surface area contributed by atoms with Crippen molar-refractivity contribution in [2.24, 2.45) is 0 Å². The molecule has 0 saturated carbocycles. The predicted octanol–water partition coefficient (Wildman–Crippen LogP) is 2.61. The largest absolute Gasteiger partial charge is 0.486 e. The number of carbonyl (C=O) groups is 2. The number of ether oxygens (including phenoxy) is 3. The third-order valence-electron chi connectivity index (χ3n) is 4.10. The van der Waals surface area contributed by atoms with Gasteiger partial charge in [-0.2, -0.15) is 4.72 Å². The molecule has 1 atom stereocenters. The molecule has 9 nitrogen and oxygen atoms in total. The van der Waals surface area contributed by atoms with Gasteiger partial charge in [0.25, 0.3) is 5.91 Å². The summed E-state index contributed by atoms with van der Waals surface area (Å²) in [5.41, 5.74) is 0.428. The van der Waals surface area contributed by atoms with Crippen molar-refractivity contribution in [2.75, 3.05) is 25.1 Å². The molecule has 166 valence electrons. The number of nitrogens with one attached hydrogen (secondary N) is 2. The molecule has 0 spiro atoms. The van der Waals surface area contributed by atoms with Gasteiger partial charge in [-0.05, 0) is 37.3 Å². The van der Waals surface area contributed by atoms with Gasteiger partial charge in [-0.1, -0.05) is 23.2 Å². The molecule has 0 radical (unpaired) electrons. The number of carbonyl (C=O) groups excluding carboxylic acids is 2. The molecule has 1 unspecified atom stereocenters. The number of rotatable bonds is 7. The number of hydrogen-bond acceptors (Lipinski definition) is 7. The Morgan fingerprint density at radius 3 is 2.48 bits per heavy atom. The molecule has 1 aliphatic heterocycles. The number of esters is 1. The Labute approximate surface area is 188 Å². The maximum atomic E-state index is 12.3. The van der Waals surface area contributed by atoms with Crippen molar-refractivity contribution in [1.82, 2.24) is 4.72 Å². The number of amides is 1. The van der Waals surface area contributed by atoms with E-state index >= 15 is 0 Å². The summed E-state index contributed by atoms with van der Waals surface area (Å²) in [7, 11) is -4.03. The van der Waals surface area contributed by atoms with E-state index in [1.165, 1.54) is 19.1 Å². The summed E-state index contributed by atoms with van der Waals surface area (Å²) in [6.07, 6.45) is -1.17. The molecule has 0 saturated heterocycles. The van der Waals surface area contributed by atoms with Gasteiger partial charge in [-0.3, -0.25) is 9.59 Å². The number of halogens is 2. The van der Waals surface area contributed by atoms with Crippen molar-refractivity contribution in [3.63, 3.8) is 0 Å². The molecule has 12 heteroatoms. The Bertz CT molecular complexity index is 1110. The van der Waals surface area contributed by atoms with Crippen LogP contribution in [0.25, 0.3) is 0 Å². The molecule has 1 heterocycles. The van der Waals surface area contributed by atoms with Gasteiger partial charge >= 0.3 is 5.97 Å². The minimum atomic E-state index is -4.03. The van der Waals surface area contributed by atoms with E-state index in [-0.39, 0.29) is 14.9 Å². The minimum absolute atomic E-state index is 0.0524. The molecule has 0 aromatic heterocycles. The van der Waals surface area contributed by atoms with E-state index in [1.54, 1.807) is 18.2 Å². The van der Waals surface area contributed by atoms with Crippen molar-refractivity contribution in [2.45, 2.75) is 17.9 Å². The smallest absolute Gasteiger partial charge is 0.321 e. The lowest BCUT2D eigenvalue weighted by atomic mass is 10.2. The van der Waals surface area contributed by atoms with Crippen LogP contribution in [0.5, 0.6) is 11.5 Å². The summed E-state index contributed by atoms with van der Waals surface area (Å²) in [5, 5.41) is 2.83. The monoisotopic (exact) mass is 488 g/mol. The quantitative estimate of drug-likeness (QED) is 0.574. The molecule has 0 fully saturated rings. The molecule has 0 bridgehead atoms. The minimum Gasteiger partial charge on any atom is -0.486 e. The normalized spacial score (nSPS) is 13.9. The lowest BCUT2D eigenvalue weighted by molar-refractivity contribution is -0.151. The summed E-state index contributed by atoms with van der Waals surface area (Å²) in [6.45, 7) is 1.53. The van der Waals surface area contributed by atoms with Crippen LogP contribution in [0.1, 0.15) is 6.92 Å². The molecule has 3 rings (SSSR count). The predicted molar refractivity (Wildman–Crippen MR) is 113 cm³/mol. The van der Waals surface area contributed by atoms with E-state index in [0.29, 0.717) is 30.4 Å². The van der Waals surface area contributed by atoms with Gasteiger partial charge in [0.1, 0.15) is 19.8 Å². The number of sulfonamides is 1. The van der Waals surface area contributed by atoms with Crippen LogP contribution in [0, 0.1) is 0 Å². The number of hydrogen-bond donors (Lipinski definition) is 2. The Balaban J connectivity index is 1.52. The summed E-state index contributed by atoms with van der Waals surface area (Å²) in [5.74, 6) is -0.478. The fourth-order valence-electron chi connectivity index (χ4n) is 2.54. The van der Waals surface area contributed by atoms with Crippen LogP contribution in [0.4, 0.5) is 5.69 Å². The first-order chi connectivity index (χ1) is 14.7. The zero-order valence-electron chi connectivity index (χ0n) is 16.2. The molecular formula is C19H18Cl2N2O7S. The zero-order valence-corrected chi connectivity index (χ0v) is 18.5. The summed E-state index contributed by atoms with van der Waals surface area (Å²) in [4.78, 5) is 24.1. The second-order valence-electron chi connectivity index (χ2n) is 6.38. The lowest BCUT2D eigenvalue weighted by Gasteiger charge is -2.19. The number of anilines is 1. The topological polar surface area (TPSA) is 120 Å². The summed E-state index contributed by atoms with van der Waals surface area (Å²) < 4.78 is 42.4. The first kappa shape index (κ1) is 23.1. The molecule has 1 amide bonds. The van der Waals surface area contributed by atoms with Gasteiger partial charge in [0, 0.05) is 11.8 Å². The fraction of sp³-hybridized carbons (Fsp3) is 0.263. The first-order valence-electron chi connectivity index (χ1n) is 9.00. The highest BCUT2D eigenvalue weighted by Crippen LogP contribution is 2.32. The van der Waals surface area contributed by atoms with Crippen LogP contribution < -0.4 is 19.5 Å². The molecular weight excluding hydrogens is 471 g/mol. The number of benzene rings is 2. The Morgan fingerprint density at radius 2 is 1.77 bits per heavy atom. The Morgan fingerprint density at radius 1 is 1.06 bits per heavy atom. The van der Waals surface area contributed by atoms with Crippen molar-refractivity contribution >= 4 is 50.8 Å². The standard InChI is InChI=1S/C19H18Cl2N2O7S/c1-11(19(25)23-12-2-5-16-17(8-12)29-7-6-28-16)30-18(24)10-22-31(26,27)13-3-4-14(20)15(21)9-13/h2-5,8-9,11,22H,6-7,10H2,1H3,(H,23,25). The highest BCUT2D eigenvalue weighted by atomic mass is 35.5. The van der Waals surface area contributed by atoms with Crippen molar-refractivity contribution in [3.05, 3.63) is 46.4 Å². The van der Waals surface area contributed by atoms with Crippen molar-refractivity contribution < 1.29 is 32.2 Å². The lowest BCUT2D eigenvalue weighted by Crippen LogP contribution is -2.35. The average Bonchev–Trinajstić information content (AvgIpc) is 2.74. The van der Waals surface area contributed by atoms with E-state index in [4.69, 9.17) is 37.4 Å². The second-order valence-corrected chi connectivity index (χ2v) is 8.96. The Kier molecular flexibility index (Phi) is 7.26. The van der Waals surface area contributed by atoms with Crippen LogP contribution in [0.15, 0.2) is 41.3 Å². The molecule has 2 aromatic rings. The van der Waals surface area contributed by atoms with E-state index in [2.05, 4.69) is 10.0 Å². The van der Waals surface area contributed by atoms with E-state index in [1.807, 2.05) is 0 Å². The van der Waals surface area contributed by atoms with Crippen LogP contribution in [0.2, 0.25) is 10.0 Å². The van der Waals surface area contributed by atoms with Gasteiger partial charge in [0.2, 0.25) is 10.0 Å². The average molecular weight is 489 g/mol. The summed E-state index contributed by atoms with van der Waals surface area (Å²) >= 11 is 11.6. The maximum absolute atomic E-state index is 12.3. The number of fused-ring (bicyclic) bond motifs is 1. The van der Waals surface area contributed by atoms with Crippen LogP contribution in [-0.4, -0.2) is 46.2 Å². The van der Waals surface area contributed by atoms with Gasteiger partial charge in [-0.15, -0.1) is 0 Å². The molecule has 1 aliphatic rings. The van der Waals surface area contributed by atoms with Gasteiger partial charge < -0.3 is 19.5 Å². The van der Waals surface area contributed by atoms with Crippen LogP contribution >= 0.6 is 23.2 Å². The van der Waals surface area contributed by atoms with E-state index in [0.717, 1.165) is 6.07 Å². The van der Waals surface area contributed by atoms with Gasteiger partial charge in [0.05, 0.1) is 14.9 Å². The highest BCUT2D eigenvalue weighted by molar-refractivity contribution is 7.89. The fourth-order valence-corrected chi connectivity index (χ4v) is 3.90. The second kappa shape index (κ2) is 9.73. The van der Waals surface area contributed by atoms with Crippen molar-refractivity contribution in [1.29, 1.82) is 0 Å². The first-order valence-corrected chi connectivity index (χ1v) is 11.2. The Hall–Kier alpha value is -2.53. The third kappa shape index (κ3) is 6.01. The molecule has 0 aliphatic carbocycles. The zero-order chi connectivity index (χ0) is 22.6. The molecule has 31 heavy (non-hydrogen) atoms. The van der Waals surface area contributed by atoms with Gasteiger partial charge in [0.15, 0.2) is 17.6 Å². The summed E-state index contributed by atoms with van der Waals surface area (Å²) in [6, 6.07) is 8.57. The van der Waals surface area contributed by atoms with Gasteiger partial charge in [-0.25, -0.2) is 8.42 Å². The van der Waals surface area contributed by atoms with Crippen molar-refractivity contribution in [3.8, 4) is 11.5 Å².